The highest BCUT2D eigenvalue weighted by Crippen LogP contribution is 2.36. The zero-order chi connectivity index (χ0) is 11.1. The SMILES string of the molecule is Oc1cccc2ccc3cccc(O)c3c12. The van der Waals surface area contributed by atoms with Gasteiger partial charge in [-0.1, -0.05) is 36.4 Å². The van der Waals surface area contributed by atoms with Gasteiger partial charge in [0.15, 0.2) is 0 Å². The van der Waals surface area contributed by atoms with Crippen molar-refractivity contribution in [2.45, 2.75) is 0 Å². The second-order valence-corrected chi connectivity index (χ2v) is 3.82. The Bertz CT molecular complexity index is 626. The molecule has 0 spiro atoms. The lowest BCUT2D eigenvalue weighted by Crippen LogP contribution is -1.79. The van der Waals surface area contributed by atoms with Gasteiger partial charge in [-0.25, -0.2) is 0 Å². The molecule has 0 saturated heterocycles. The molecular formula is C14H10O2. The van der Waals surface area contributed by atoms with Crippen LogP contribution in [0, 0.1) is 0 Å². The van der Waals surface area contributed by atoms with Crippen molar-refractivity contribution in [3.8, 4) is 11.5 Å². The Morgan fingerprint density at radius 1 is 0.562 bits per heavy atom. The molecule has 3 aromatic carbocycles. The molecule has 0 saturated carbocycles. The van der Waals surface area contributed by atoms with Crippen molar-refractivity contribution in [3.63, 3.8) is 0 Å². The minimum atomic E-state index is 0.199. The third-order valence-corrected chi connectivity index (χ3v) is 2.84. The van der Waals surface area contributed by atoms with Crippen LogP contribution in [0.15, 0.2) is 48.5 Å². The molecule has 0 bridgehead atoms. The van der Waals surface area contributed by atoms with E-state index in [1.165, 1.54) is 0 Å². The van der Waals surface area contributed by atoms with Crippen molar-refractivity contribution < 1.29 is 10.2 Å². The minimum Gasteiger partial charge on any atom is -0.507 e. The van der Waals surface area contributed by atoms with E-state index in [1.54, 1.807) is 24.3 Å². The summed E-state index contributed by atoms with van der Waals surface area (Å²) in [6, 6.07) is 14.6. The van der Waals surface area contributed by atoms with E-state index in [0.717, 1.165) is 10.8 Å². The van der Waals surface area contributed by atoms with Crippen LogP contribution in [0.5, 0.6) is 11.5 Å². The van der Waals surface area contributed by atoms with E-state index < -0.39 is 0 Å². The predicted octanol–water partition coefficient (Wildman–Crippen LogP) is 3.40. The van der Waals surface area contributed by atoms with Crippen LogP contribution in [0.3, 0.4) is 0 Å². The molecule has 0 aliphatic carbocycles. The van der Waals surface area contributed by atoms with Crippen molar-refractivity contribution in [3.05, 3.63) is 48.5 Å². The van der Waals surface area contributed by atoms with Crippen LogP contribution in [0.1, 0.15) is 0 Å². The zero-order valence-corrected chi connectivity index (χ0v) is 8.51. The quantitative estimate of drug-likeness (QED) is 0.558. The van der Waals surface area contributed by atoms with Gasteiger partial charge in [0, 0.05) is 10.8 Å². The summed E-state index contributed by atoms with van der Waals surface area (Å²) >= 11 is 0. The third-order valence-electron chi connectivity index (χ3n) is 2.84. The molecule has 0 heterocycles. The normalized spacial score (nSPS) is 11.0. The fraction of sp³-hybridized carbons (Fsp3) is 0. The predicted molar refractivity (Wildman–Crippen MR) is 64.8 cm³/mol. The van der Waals surface area contributed by atoms with E-state index in [2.05, 4.69) is 0 Å². The van der Waals surface area contributed by atoms with Gasteiger partial charge < -0.3 is 10.2 Å². The molecular weight excluding hydrogens is 200 g/mol. The zero-order valence-electron chi connectivity index (χ0n) is 8.51. The first-order valence-electron chi connectivity index (χ1n) is 5.10. The molecule has 0 aliphatic heterocycles. The molecule has 0 atom stereocenters. The third kappa shape index (κ3) is 1.13. The van der Waals surface area contributed by atoms with Crippen LogP contribution in [-0.4, -0.2) is 10.2 Å². The molecule has 2 heteroatoms. The summed E-state index contributed by atoms with van der Waals surface area (Å²) in [7, 11) is 0. The molecule has 2 nitrogen and oxygen atoms in total. The molecule has 0 aliphatic rings. The van der Waals surface area contributed by atoms with Gasteiger partial charge in [0.1, 0.15) is 11.5 Å². The van der Waals surface area contributed by atoms with Gasteiger partial charge in [0.25, 0.3) is 0 Å². The number of phenolic OH excluding ortho intramolecular Hbond substituents is 2. The van der Waals surface area contributed by atoms with E-state index >= 15 is 0 Å². The van der Waals surface area contributed by atoms with Crippen LogP contribution in [-0.2, 0) is 0 Å². The molecule has 16 heavy (non-hydrogen) atoms. The van der Waals surface area contributed by atoms with Gasteiger partial charge in [-0.2, -0.15) is 0 Å². The molecule has 0 amide bonds. The Hall–Kier alpha value is -2.22. The first-order chi connectivity index (χ1) is 7.77. The average Bonchev–Trinajstić information content (AvgIpc) is 2.29. The lowest BCUT2D eigenvalue weighted by atomic mass is 10.0. The fourth-order valence-corrected chi connectivity index (χ4v) is 2.12. The number of fused-ring (bicyclic) bond motifs is 3. The van der Waals surface area contributed by atoms with Crippen molar-refractivity contribution in [1.82, 2.24) is 0 Å². The summed E-state index contributed by atoms with van der Waals surface area (Å²) in [5.74, 6) is 0.397. The second-order valence-electron chi connectivity index (χ2n) is 3.82. The van der Waals surface area contributed by atoms with Crippen LogP contribution in [0.4, 0.5) is 0 Å². The monoisotopic (exact) mass is 210 g/mol. The van der Waals surface area contributed by atoms with Crippen LogP contribution < -0.4 is 0 Å². The van der Waals surface area contributed by atoms with Gasteiger partial charge in [-0.3, -0.25) is 0 Å². The first kappa shape index (κ1) is 9.04. The van der Waals surface area contributed by atoms with Gasteiger partial charge in [0.2, 0.25) is 0 Å². The minimum absolute atomic E-state index is 0.199. The largest absolute Gasteiger partial charge is 0.507 e. The summed E-state index contributed by atoms with van der Waals surface area (Å²) in [6.07, 6.45) is 0. The van der Waals surface area contributed by atoms with Crippen molar-refractivity contribution >= 4 is 21.5 Å². The highest BCUT2D eigenvalue weighted by atomic mass is 16.3. The number of benzene rings is 3. The van der Waals surface area contributed by atoms with Gasteiger partial charge >= 0.3 is 0 Å². The van der Waals surface area contributed by atoms with Crippen molar-refractivity contribution in [2.75, 3.05) is 0 Å². The number of aromatic hydroxyl groups is 2. The lowest BCUT2D eigenvalue weighted by molar-refractivity contribution is 0.477. The number of phenols is 2. The number of rotatable bonds is 0. The molecule has 0 radical (unpaired) electrons. The first-order valence-corrected chi connectivity index (χ1v) is 5.10. The van der Waals surface area contributed by atoms with Crippen LogP contribution in [0.25, 0.3) is 21.5 Å². The van der Waals surface area contributed by atoms with E-state index in [1.807, 2.05) is 24.3 Å². The summed E-state index contributed by atoms with van der Waals surface area (Å²) in [4.78, 5) is 0. The van der Waals surface area contributed by atoms with Gasteiger partial charge in [-0.05, 0) is 22.9 Å². The average molecular weight is 210 g/mol. The summed E-state index contributed by atoms with van der Waals surface area (Å²) in [6.45, 7) is 0. The Labute approximate surface area is 92.4 Å². The van der Waals surface area contributed by atoms with Crippen LogP contribution >= 0.6 is 0 Å². The Kier molecular flexibility index (Phi) is 1.77. The summed E-state index contributed by atoms with van der Waals surface area (Å²) in [5.41, 5.74) is 0. The summed E-state index contributed by atoms with van der Waals surface area (Å²) < 4.78 is 0. The Morgan fingerprint density at radius 2 is 1.00 bits per heavy atom. The van der Waals surface area contributed by atoms with Gasteiger partial charge in [-0.15, -0.1) is 0 Å². The Balaban J connectivity index is 2.67. The molecule has 3 aromatic rings. The lowest BCUT2D eigenvalue weighted by Gasteiger charge is -2.07. The topological polar surface area (TPSA) is 40.5 Å². The second kappa shape index (κ2) is 3.14. The van der Waals surface area contributed by atoms with E-state index in [0.29, 0.717) is 10.8 Å². The van der Waals surface area contributed by atoms with Crippen molar-refractivity contribution in [2.24, 2.45) is 0 Å². The van der Waals surface area contributed by atoms with Crippen LogP contribution in [0.2, 0.25) is 0 Å². The number of hydrogen-bond donors (Lipinski definition) is 2. The highest BCUT2D eigenvalue weighted by Gasteiger charge is 2.07. The molecule has 0 aromatic heterocycles. The molecule has 2 N–H and O–H groups in total. The van der Waals surface area contributed by atoms with E-state index in [-0.39, 0.29) is 11.5 Å². The smallest absolute Gasteiger partial charge is 0.124 e. The molecule has 0 unspecified atom stereocenters. The number of hydrogen-bond acceptors (Lipinski definition) is 2. The standard InChI is InChI=1S/C14H10O2/c15-11-5-1-3-9-7-8-10-4-2-6-12(16)14(10)13(9)11/h1-8,15-16H. The van der Waals surface area contributed by atoms with Gasteiger partial charge in [0.05, 0.1) is 0 Å². The molecule has 78 valence electrons. The Morgan fingerprint density at radius 3 is 1.44 bits per heavy atom. The van der Waals surface area contributed by atoms with Crippen molar-refractivity contribution in [1.29, 1.82) is 0 Å². The maximum absolute atomic E-state index is 9.88. The van der Waals surface area contributed by atoms with E-state index in [9.17, 15) is 10.2 Å². The van der Waals surface area contributed by atoms with E-state index in [4.69, 9.17) is 0 Å². The maximum atomic E-state index is 9.88. The summed E-state index contributed by atoms with van der Waals surface area (Å²) in [5, 5.41) is 23.0. The maximum Gasteiger partial charge on any atom is 0.124 e. The fourth-order valence-electron chi connectivity index (χ4n) is 2.12. The highest BCUT2D eigenvalue weighted by molar-refractivity contribution is 6.13. The molecule has 0 fully saturated rings. The molecule has 3 rings (SSSR count).